The fourth-order valence-electron chi connectivity index (χ4n) is 16.1. The van der Waals surface area contributed by atoms with E-state index < -0.39 is 0 Å². The van der Waals surface area contributed by atoms with E-state index in [-0.39, 0.29) is 6.71 Å². The minimum atomic E-state index is -0.0610. The van der Waals surface area contributed by atoms with Crippen LogP contribution in [0, 0.1) is 0 Å². The molecule has 14 aromatic carbocycles. The van der Waals surface area contributed by atoms with Crippen molar-refractivity contribution in [1.29, 1.82) is 0 Å². The highest BCUT2D eigenvalue weighted by atomic mass is 15.2. The van der Waals surface area contributed by atoms with Gasteiger partial charge in [-0.25, -0.2) is 29.9 Å². The molecule has 0 fully saturated rings. The molecule has 0 N–H and O–H groups in total. The van der Waals surface area contributed by atoms with Crippen LogP contribution in [0.15, 0.2) is 340 Å². The molecule has 0 amide bonds. The van der Waals surface area contributed by atoms with Crippen LogP contribution in [0.2, 0.25) is 0 Å². The third kappa shape index (κ3) is 12.1. The summed E-state index contributed by atoms with van der Waals surface area (Å²) >= 11 is 0. The number of hydrogen-bond donors (Lipinski definition) is 0. The number of para-hydroxylation sites is 1. The minimum Gasteiger partial charge on any atom is -0.311 e. The molecule has 0 saturated carbocycles. The second kappa shape index (κ2) is 28.2. The lowest BCUT2D eigenvalue weighted by Crippen LogP contribution is -2.61. The molecule has 0 radical (unpaired) electrons. The zero-order valence-corrected chi connectivity index (χ0v) is 60.2. The van der Waals surface area contributed by atoms with Gasteiger partial charge in [0.15, 0.2) is 34.9 Å². The summed E-state index contributed by atoms with van der Waals surface area (Å²) in [5.74, 6) is 3.28. The Labute approximate surface area is 630 Å². The van der Waals surface area contributed by atoms with Crippen molar-refractivity contribution in [2.75, 3.05) is 9.80 Å². The normalized spacial score (nSPS) is 12.1. The van der Waals surface area contributed by atoms with E-state index in [1.807, 2.05) is 97.1 Å². The Morgan fingerprint density at radius 2 is 0.630 bits per heavy atom. The molecule has 3 aromatic heterocycles. The first-order valence-corrected chi connectivity index (χ1v) is 37.7. The van der Waals surface area contributed by atoms with Crippen LogP contribution in [0.5, 0.6) is 0 Å². The quantitative estimate of drug-likeness (QED) is 0.0785. The first kappa shape index (κ1) is 65.3. The van der Waals surface area contributed by atoms with E-state index in [1.54, 1.807) is 0 Å². The molecule has 5 heterocycles. The molecule has 9 nitrogen and oxygen atoms in total. The molecular weight excluding hydrogens is 1310 g/mol. The highest BCUT2D eigenvalue weighted by molar-refractivity contribution is 7.00. The highest BCUT2D eigenvalue weighted by Crippen LogP contribution is 2.49. The van der Waals surface area contributed by atoms with Crippen molar-refractivity contribution in [3.63, 3.8) is 0 Å². The van der Waals surface area contributed by atoms with Gasteiger partial charge in [-0.2, -0.15) is 0 Å². The van der Waals surface area contributed by atoms with E-state index in [2.05, 4.69) is 271 Å². The lowest BCUT2D eigenvalue weighted by molar-refractivity contribution is 0.795. The fraction of sp³-hybridized carbons (Fsp3) is 0.0816. The molecule has 2 aliphatic rings. The largest absolute Gasteiger partial charge is 0.311 e. The van der Waals surface area contributed by atoms with Gasteiger partial charge in [0.1, 0.15) is 0 Å². The number of benzene rings is 14. The molecule has 19 rings (SSSR count). The second-order valence-electron chi connectivity index (χ2n) is 28.2. The van der Waals surface area contributed by atoms with Crippen molar-refractivity contribution < 1.29 is 0 Å². The van der Waals surface area contributed by atoms with Crippen molar-refractivity contribution >= 4 is 79.0 Å². The minimum absolute atomic E-state index is 0.0610. The summed E-state index contributed by atoms with van der Waals surface area (Å²) in [6.07, 6.45) is 6.45. The van der Waals surface area contributed by atoms with E-state index in [0.717, 1.165) is 133 Å². The summed E-state index contributed by atoms with van der Waals surface area (Å²) in [5, 5.41) is 2.21. The lowest BCUT2D eigenvalue weighted by Gasteiger charge is -2.44. The maximum absolute atomic E-state index is 5.47. The first-order valence-electron chi connectivity index (χ1n) is 37.7. The molecule has 0 aliphatic carbocycles. The zero-order valence-electron chi connectivity index (χ0n) is 60.2. The van der Waals surface area contributed by atoms with Crippen molar-refractivity contribution in [1.82, 2.24) is 34.5 Å². The SMILES string of the molecule is CCCCc1ccc2c(c1)N(c1ccc(-c3ccccc3)cc1)c1cc(-c3ccc4c(c3)c3ccccc3n4-c3ccc(-c4nc(-c5ccccc5)nc(-c5ccccc5)n4)cc3-c3nc(-c4ccccc4)nc(-c4ccccc4)n3)cc3c1B2c1ccc(CCCC)cc1N3c1ccc(-c2ccccc2)cc1. The lowest BCUT2D eigenvalue weighted by atomic mass is 9.33. The van der Waals surface area contributed by atoms with Crippen LogP contribution in [-0.4, -0.2) is 41.2 Å². The Kier molecular flexibility index (Phi) is 17.1. The molecule has 0 spiro atoms. The van der Waals surface area contributed by atoms with Crippen molar-refractivity contribution in [2.24, 2.45) is 0 Å². The molecule has 2 aliphatic heterocycles. The Morgan fingerprint density at radius 1 is 0.259 bits per heavy atom. The van der Waals surface area contributed by atoms with Crippen LogP contribution in [0.4, 0.5) is 34.1 Å². The summed E-state index contributed by atoms with van der Waals surface area (Å²) in [4.78, 5) is 37.0. The van der Waals surface area contributed by atoms with Crippen molar-refractivity contribution in [3.8, 4) is 107 Å². The number of unbranched alkanes of at least 4 members (excludes halogenated alkanes) is 2. The molecule has 0 unspecified atom stereocenters. The van der Waals surface area contributed by atoms with Gasteiger partial charge in [-0.05, 0) is 172 Å². The van der Waals surface area contributed by atoms with Crippen LogP contribution >= 0.6 is 0 Å². The molecule has 108 heavy (non-hydrogen) atoms. The number of hydrogen-bond acceptors (Lipinski definition) is 8. The van der Waals surface area contributed by atoms with Gasteiger partial charge in [0.05, 0.1) is 16.7 Å². The van der Waals surface area contributed by atoms with E-state index in [9.17, 15) is 0 Å². The predicted molar refractivity (Wildman–Crippen MR) is 448 cm³/mol. The average molecular weight is 1390 g/mol. The number of fused-ring (bicyclic) bond motifs is 7. The summed E-state index contributed by atoms with van der Waals surface area (Å²) in [5.41, 5.74) is 28.5. The van der Waals surface area contributed by atoms with Gasteiger partial charge in [0, 0.05) is 78.3 Å². The Morgan fingerprint density at radius 3 is 1.07 bits per heavy atom. The number of anilines is 6. The monoisotopic (exact) mass is 1390 g/mol. The van der Waals surface area contributed by atoms with Gasteiger partial charge in [-0.1, -0.05) is 281 Å². The highest BCUT2D eigenvalue weighted by Gasteiger charge is 2.44. The zero-order chi connectivity index (χ0) is 72.0. The predicted octanol–water partition coefficient (Wildman–Crippen LogP) is 22.9. The second-order valence-corrected chi connectivity index (χ2v) is 28.2. The third-order valence-electron chi connectivity index (χ3n) is 21.4. The van der Waals surface area contributed by atoms with E-state index in [4.69, 9.17) is 29.9 Å². The molecule has 0 saturated heterocycles. The molecule has 0 bridgehead atoms. The standard InChI is InChI=1S/C98H74BN9/c1-3-5-27-65-43-55-83-88(59-65)106(78-51-45-69(46-52-78)67-29-13-7-14-30-67)90-63-77(64-91-92(90)99(83)84-56-44-66(28-6-4-2)60-89(84)107(91)79-53-47-70(48-54-79)68-31-15-8-16-32-68)75-49-57-86-81(61-75)80-41-25-26-42-85(80)108(86)87-58-50-76(97-102-93(71-33-17-9-18-34-71)100-94(103-97)72-35-19-10-20-36-72)62-82(87)98-104-95(73-37-21-11-22-38-73)101-96(105-98)74-39-23-12-24-40-74/h7-26,29-64H,3-6,27-28H2,1-2H3. The van der Waals surface area contributed by atoms with Gasteiger partial charge in [-0.3, -0.25) is 0 Å². The molecule has 0 atom stereocenters. The van der Waals surface area contributed by atoms with E-state index >= 15 is 0 Å². The van der Waals surface area contributed by atoms with E-state index in [1.165, 1.54) is 61.1 Å². The van der Waals surface area contributed by atoms with Crippen LogP contribution in [0.25, 0.3) is 129 Å². The average Bonchev–Trinajstić information content (AvgIpc) is 0.788. The van der Waals surface area contributed by atoms with Crippen molar-refractivity contribution in [3.05, 3.63) is 351 Å². The maximum Gasteiger partial charge on any atom is 0.252 e. The summed E-state index contributed by atoms with van der Waals surface area (Å²) in [7, 11) is 0. The van der Waals surface area contributed by atoms with Gasteiger partial charge in [0.2, 0.25) is 0 Å². The van der Waals surface area contributed by atoms with Crippen molar-refractivity contribution in [2.45, 2.75) is 52.4 Å². The van der Waals surface area contributed by atoms with Crippen LogP contribution in [-0.2, 0) is 12.8 Å². The summed E-state index contributed by atoms with van der Waals surface area (Å²) < 4.78 is 2.39. The third-order valence-corrected chi connectivity index (χ3v) is 21.4. The van der Waals surface area contributed by atoms with Crippen LogP contribution in [0.3, 0.4) is 0 Å². The Bertz CT molecular complexity index is 5910. The number of rotatable bonds is 18. The van der Waals surface area contributed by atoms with Gasteiger partial charge < -0.3 is 14.4 Å². The Balaban J connectivity index is 0.847. The fourth-order valence-corrected chi connectivity index (χ4v) is 16.1. The molecule has 17 aromatic rings. The summed E-state index contributed by atoms with van der Waals surface area (Å²) in [6.45, 7) is 4.52. The summed E-state index contributed by atoms with van der Waals surface area (Å²) in [6, 6.07) is 123. The number of aryl methyl sites for hydroxylation is 2. The molecular formula is C98H74BN9. The molecule has 514 valence electrons. The Hall–Kier alpha value is -13.4. The maximum atomic E-state index is 5.47. The van der Waals surface area contributed by atoms with Crippen LogP contribution in [0.1, 0.15) is 50.7 Å². The van der Waals surface area contributed by atoms with Gasteiger partial charge in [0.25, 0.3) is 6.71 Å². The van der Waals surface area contributed by atoms with E-state index in [0.29, 0.717) is 34.9 Å². The van der Waals surface area contributed by atoms with Gasteiger partial charge in [-0.15, -0.1) is 0 Å². The number of nitrogens with zero attached hydrogens (tertiary/aromatic N) is 9. The first-order chi connectivity index (χ1) is 53.4. The van der Waals surface area contributed by atoms with Crippen LogP contribution < -0.4 is 26.2 Å². The smallest absolute Gasteiger partial charge is 0.252 e. The number of aromatic nitrogens is 7. The topological polar surface area (TPSA) is 88.8 Å². The molecule has 10 heteroatoms. The van der Waals surface area contributed by atoms with Gasteiger partial charge >= 0.3 is 0 Å².